The van der Waals surface area contributed by atoms with E-state index in [9.17, 15) is 10.1 Å². The maximum Gasteiger partial charge on any atom is 0.280 e. The van der Waals surface area contributed by atoms with Crippen LogP contribution in [0.5, 0.6) is 0 Å². The van der Waals surface area contributed by atoms with E-state index in [1.54, 1.807) is 11.3 Å². The number of carbonyl (C=O) groups is 1. The van der Waals surface area contributed by atoms with E-state index < -0.39 is 0 Å². The van der Waals surface area contributed by atoms with Crippen LogP contribution in [-0.4, -0.2) is 19.5 Å². The zero-order valence-electron chi connectivity index (χ0n) is 15.1. The van der Waals surface area contributed by atoms with Gasteiger partial charge in [0.05, 0.1) is 12.6 Å². The summed E-state index contributed by atoms with van der Waals surface area (Å²) in [5.41, 5.74) is 2.83. The Kier molecular flexibility index (Phi) is 5.98. The molecule has 1 aromatic carbocycles. The maximum absolute atomic E-state index is 12.5. The topological polar surface area (TPSA) is 57.3 Å². The molecule has 1 heterocycles. The molecular weight excluding hydrogens is 366 g/mol. The predicted molar refractivity (Wildman–Crippen MR) is 106 cm³/mol. The molecule has 136 valence electrons. The average molecular weight is 389 g/mol. The molecule has 3 rings (SSSR count). The number of benzene rings is 1. The number of likely N-dealkylation sites (N-methyl/N-ethyl adjacent to an activating group) is 1. The molecule has 0 aliphatic heterocycles. The first-order chi connectivity index (χ1) is 12.5. The van der Waals surface area contributed by atoms with Crippen LogP contribution in [0.15, 0.2) is 24.3 Å². The second-order valence-electron chi connectivity index (χ2n) is 7.12. The first kappa shape index (κ1) is 18.9. The summed E-state index contributed by atoms with van der Waals surface area (Å²) in [5.74, 6) is 0.570. The number of nitrogens with one attached hydrogen (secondary N) is 2. The molecule has 2 aromatic rings. The number of quaternary nitrogens is 1. The van der Waals surface area contributed by atoms with E-state index in [4.69, 9.17) is 11.6 Å². The molecule has 0 radical (unpaired) electrons. The number of fused-ring (bicyclic) bond motifs is 1. The van der Waals surface area contributed by atoms with Gasteiger partial charge in [-0.05, 0) is 36.8 Å². The van der Waals surface area contributed by atoms with Crippen LogP contribution in [0.2, 0.25) is 5.02 Å². The van der Waals surface area contributed by atoms with Crippen molar-refractivity contribution >= 4 is 33.8 Å². The molecule has 0 fully saturated rings. The maximum atomic E-state index is 12.5. The molecule has 4 nitrogen and oxygen atoms in total. The van der Waals surface area contributed by atoms with E-state index in [0.29, 0.717) is 29.6 Å². The minimum Gasteiger partial charge on any atom is -0.326 e. The van der Waals surface area contributed by atoms with Gasteiger partial charge in [-0.15, -0.1) is 11.3 Å². The molecule has 2 N–H and O–H groups in total. The number of rotatable bonds is 5. The van der Waals surface area contributed by atoms with Crippen molar-refractivity contribution < 1.29 is 9.69 Å². The van der Waals surface area contributed by atoms with Gasteiger partial charge in [-0.1, -0.05) is 36.7 Å². The second-order valence-corrected chi connectivity index (χ2v) is 8.63. The summed E-state index contributed by atoms with van der Waals surface area (Å²) in [6.45, 7) is 3.24. The Balaban J connectivity index is 1.65. The van der Waals surface area contributed by atoms with E-state index in [2.05, 4.69) is 18.3 Å². The minimum atomic E-state index is -0.0716. The third-order valence-corrected chi connectivity index (χ3v) is 6.33. The van der Waals surface area contributed by atoms with Gasteiger partial charge in [0.2, 0.25) is 0 Å². The van der Waals surface area contributed by atoms with Gasteiger partial charge in [-0.3, -0.25) is 4.79 Å². The third kappa shape index (κ3) is 4.27. The molecule has 1 aliphatic rings. The van der Waals surface area contributed by atoms with Crippen molar-refractivity contribution in [2.24, 2.45) is 5.92 Å². The van der Waals surface area contributed by atoms with Crippen molar-refractivity contribution in [3.8, 4) is 6.07 Å². The van der Waals surface area contributed by atoms with E-state index in [1.807, 2.05) is 31.3 Å². The van der Waals surface area contributed by atoms with Gasteiger partial charge in [0.1, 0.15) is 17.6 Å². The molecule has 0 spiro atoms. The fourth-order valence-electron chi connectivity index (χ4n) is 3.43. The monoisotopic (exact) mass is 388 g/mol. The fourth-order valence-corrected chi connectivity index (χ4v) is 5.01. The largest absolute Gasteiger partial charge is 0.326 e. The van der Waals surface area contributed by atoms with Crippen molar-refractivity contribution in [1.29, 1.82) is 5.26 Å². The van der Waals surface area contributed by atoms with Gasteiger partial charge < -0.3 is 10.2 Å². The predicted octanol–water partition coefficient (Wildman–Crippen LogP) is 3.05. The van der Waals surface area contributed by atoms with Crippen molar-refractivity contribution in [2.45, 2.75) is 32.7 Å². The highest BCUT2D eigenvalue weighted by atomic mass is 35.5. The minimum absolute atomic E-state index is 0.0716. The van der Waals surface area contributed by atoms with Crippen LogP contribution in [0.25, 0.3) is 0 Å². The lowest BCUT2D eigenvalue weighted by Gasteiger charge is -2.17. The Bertz CT molecular complexity index is 855. The smallest absolute Gasteiger partial charge is 0.280 e. The SMILES string of the molecule is C[C@H]1CCc2c(sc(NC(=O)C[NH+](C)Cc3ccccc3Cl)c2C#N)C1. The zero-order chi connectivity index (χ0) is 18.7. The molecule has 0 bridgehead atoms. The van der Waals surface area contributed by atoms with Crippen molar-refractivity contribution in [1.82, 2.24) is 0 Å². The lowest BCUT2D eigenvalue weighted by Crippen LogP contribution is -3.08. The molecule has 26 heavy (non-hydrogen) atoms. The normalized spacial score (nSPS) is 17.2. The van der Waals surface area contributed by atoms with Crippen LogP contribution in [0.3, 0.4) is 0 Å². The molecule has 0 saturated carbocycles. The van der Waals surface area contributed by atoms with E-state index >= 15 is 0 Å². The molecule has 6 heteroatoms. The first-order valence-electron chi connectivity index (χ1n) is 8.87. The van der Waals surface area contributed by atoms with E-state index in [-0.39, 0.29) is 5.91 Å². The molecule has 1 amide bonds. The van der Waals surface area contributed by atoms with Crippen molar-refractivity contribution in [3.63, 3.8) is 0 Å². The zero-order valence-corrected chi connectivity index (χ0v) is 16.6. The van der Waals surface area contributed by atoms with Gasteiger partial charge in [0.15, 0.2) is 6.54 Å². The van der Waals surface area contributed by atoms with Crippen LogP contribution in [0, 0.1) is 17.2 Å². The number of anilines is 1. The quantitative estimate of drug-likeness (QED) is 0.827. The summed E-state index contributed by atoms with van der Waals surface area (Å²) in [4.78, 5) is 14.8. The molecule has 1 unspecified atom stereocenters. The number of hydrogen-bond donors (Lipinski definition) is 2. The Hall–Kier alpha value is -1.87. The van der Waals surface area contributed by atoms with Crippen LogP contribution >= 0.6 is 22.9 Å². The number of halogens is 1. The van der Waals surface area contributed by atoms with Gasteiger partial charge in [-0.25, -0.2) is 0 Å². The molecular formula is C20H23ClN3OS+. The molecule has 1 aliphatic carbocycles. The Morgan fingerprint density at radius 2 is 2.23 bits per heavy atom. The van der Waals surface area contributed by atoms with Crippen molar-refractivity contribution in [2.75, 3.05) is 18.9 Å². The fraction of sp³-hybridized carbons (Fsp3) is 0.400. The number of amides is 1. The van der Waals surface area contributed by atoms with Crippen LogP contribution in [-0.2, 0) is 24.2 Å². The summed E-state index contributed by atoms with van der Waals surface area (Å²) >= 11 is 7.76. The summed E-state index contributed by atoms with van der Waals surface area (Å²) in [6, 6.07) is 9.98. The summed E-state index contributed by atoms with van der Waals surface area (Å²) in [5, 5.41) is 13.9. The second kappa shape index (κ2) is 8.22. The highest BCUT2D eigenvalue weighted by molar-refractivity contribution is 7.16. The Labute approximate surface area is 163 Å². The van der Waals surface area contributed by atoms with Gasteiger partial charge >= 0.3 is 0 Å². The number of thiophene rings is 1. The van der Waals surface area contributed by atoms with Crippen LogP contribution in [0.4, 0.5) is 5.00 Å². The molecule has 1 aromatic heterocycles. The van der Waals surface area contributed by atoms with Crippen molar-refractivity contribution in [3.05, 3.63) is 50.9 Å². The summed E-state index contributed by atoms with van der Waals surface area (Å²) < 4.78 is 0. The average Bonchev–Trinajstić information content (AvgIpc) is 2.92. The van der Waals surface area contributed by atoms with Crippen LogP contribution in [0.1, 0.15) is 34.9 Å². The third-order valence-electron chi connectivity index (χ3n) is 4.79. The molecule has 2 atom stereocenters. The standard InChI is InChI=1S/C20H22ClN3OS/c1-13-7-8-15-16(10-22)20(26-18(15)9-13)23-19(25)12-24(2)11-14-5-3-4-6-17(14)21/h3-6,13H,7-9,11-12H2,1-2H3,(H,23,25)/p+1/t13-/m0/s1. The first-order valence-corrected chi connectivity index (χ1v) is 10.1. The number of nitriles is 1. The lowest BCUT2D eigenvalue weighted by molar-refractivity contribution is -0.885. The Morgan fingerprint density at radius 3 is 2.96 bits per heavy atom. The highest BCUT2D eigenvalue weighted by Gasteiger charge is 2.25. The highest BCUT2D eigenvalue weighted by Crippen LogP contribution is 2.39. The summed E-state index contributed by atoms with van der Waals surface area (Å²) in [6.07, 6.45) is 3.04. The van der Waals surface area contributed by atoms with Gasteiger partial charge in [-0.2, -0.15) is 5.26 Å². The number of carbonyl (C=O) groups excluding carboxylic acids is 1. The Morgan fingerprint density at radius 1 is 1.46 bits per heavy atom. The van der Waals surface area contributed by atoms with E-state index in [1.165, 1.54) is 4.88 Å². The summed E-state index contributed by atoms with van der Waals surface area (Å²) in [7, 11) is 1.97. The lowest BCUT2D eigenvalue weighted by atomic mass is 9.89. The van der Waals surface area contributed by atoms with Gasteiger partial charge in [0.25, 0.3) is 5.91 Å². The molecule has 0 saturated heterocycles. The number of nitrogens with zero attached hydrogens (tertiary/aromatic N) is 1. The van der Waals surface area contributed by atoms with Gasteiger partial charge in [0, 0.05) is 15.5 Å². The van der Waals surface area contributed by atoms with Crippen LogP contribution < -0.4 is 10.2 Å². The van der Waals surface area contributed by atoms with E-state index in [0.717, 1.165) is 40.3 Å². The number of hydrogen-bond acceptors (Lipinski definition) is 3.